The van der Waals surface area contributed by atoms with Crippen molar-refractivity contribution in [2.75, 3.05) is 71.5 Å². The van der Waals surface area contributed by atoms with Crippen molar-refractivity contribution in [3.8, 4) is 17.6 Å². The summed E-state index contributed by atoms with van der Waals surface area (Å²) in [5.41, 5.74) is 2.76. The van der Waals surface area contributed by atoms with Gasteiger partial charge in [-0.3, -0.25) is 23.7 Å². The number of hydrogen-bond acceptors (Lipinski definition) is 23. The fourth-order valence-corrected chi connectivity index (χ4v) is 13.7. The predicted molar refractivity (Wildman–Crippen MR) is 376 cm³/mol. The third-order valence-electron chi connectivity index (χ3n) is 13.7. The van der Waals surface area contributed by atoms with Gasteiger partial charge in [-0.25, -0.2) is 4.85 Å². The molecule has 3 aromatic heterocycles. The van der Waals surface area contributed by atoms with Crippen molar-refractivity contribution in [1.29, 1.82) is 5.26 Å². The van der Waals surface area contributed by atoms with Crippen molar-refractivity contribution >= 4 is 185 Å². The van der Waals surface area contributed by atoms with Crippen molar-refractivity contribution in [2.45, 2.75) is 57.3 Å². The third kappa shape index (κ3) is 17.8. The van der Waals surface area contributed by atoms with Gasteiger partial charge in [0.25, 0.3) is 21.9 Å². The highest BCUT2D eigenvalue weighted by Gasteiger charge is 2.29. The summed E-state index contributed by atoms with van der Waals surface area (Å²) in [4.78, 5) is 74.5. The summed E-state index contributed by atoms with van der Waals surface area (Å²) in [6.45, 7) is 20.6. The zero-order valence-corrected chi connectivity index (χ0v) is 58.0. The Morgan fingerprint density at radius 2 is 1.19 bits per heavy atom. The van der Waals surface area contributed by atoms with Crippen molar-refractivity contribution < 1.29 is 41.6 Å². The quantitative estimate of drug-likeness (QED) is 0.00579. The molecule has 0 aliphatic carbocycles. The minimum atomic E-state index is -5.21. The van der Waals surface area contributed by atoms with Crippen LogP contribution in [0.2, 0.25) is 0 Å². The molecule has 0 aliphatic heterocycles. The number of nitrogens with one attached hydrogen (secondary N) is 4. The summed E-state index contributed by atoms with van der Waals surface area (Å²) in [6.07, 6.45) is 2.37. The van der Waals surface area contributed by atoms with Crippen LogP contribution < -0.4 is 40.5 Å². The summed E-state index contributed by atoms with van der Waals surface area (Å²) in [5.74, 6) is -1.55. The predicted octanol–water partition coefficient (Wildman–Crippen LogP) is 16.7. The van der Waals surface area contributed by atoms with Crippen molar-refractivity contribution in [3.05, 3.63) is 162 Å². The Hall–Kier alpha value is -9.53. The van der Waals surface area contributed by atoms with Gasteiger partial charge in [0.15, 0.2) is 21.7 Å². The van der Waals surface area contributed by atoms with E-state index in [1.807, 2.05) is 69.0 Å². The van der Waals surface area contributed by atoms with Gasteiger partial charge in [-0.15, -0.1) is 38.0 Å². The van der Waals surface area contributed by atoms with Crippen molar-refractivity contribution in [1.82, 2.24) is 15.0 Å². The van der Waals surface area contributed by atoms with Gasteiger partial charge in [0.2, 0.25) is 17.6 Å². The molecule has 24 nitrogen and oxygen atoms in total. The van der Waals surface area contributed by atoms with Gasteiger partial charge in [0.05, 0.1) is 59.6 Å². The Morgan fingerprint density at radius 3 is 1.64 bits per heavy atom. The number of ether oxygens (including phenoxy) is 2. The van der Waals surface area contributed by atoms with Crippen LogP contribution in [-0.2, 0) is 35.0 Å². The minimum Gasteiger partial charge on any atom is -0.494 e. The fraction of sp³-hybridized carbons (Fsp3) is 0.203. The number of amides is 2. The lowest BCUT2D eigenvalue weighted by Crippen LogP contribution is -2.22. The molecule has 0 spiro atoms. The molecular formula is C64H59Br2N15O9S4. The molecule has 0 atom stereocenters. The lowest BCUT2D eigenvalue weighted by Gasteiger charge is -2.25. The van der Waals surface area contributed by atoms with Gasteiger partial charge in [0, 0.05) is 69.3 Å². The maximum absolute atomic E-state index is 13.6. The lowest BCUT2D eigenvalue weighted by molar-refractivity contribution is -0.120. The van der Waals surface area contributed by atoms with E-state index in [1.165, 1.54) is 45.0 Å². The molecule has 0 bridgehead atoms. The number of rotatable bonds is 28. The highest BCUT2D eigenvalue weighted by Crippen LogP contribution is 2.46. The van der Waals surface area contributed by atoms with Crippen LogP contribution in [0.25, 0.3) is 17.0 Å². The Morgan fingerprint density at radius 1 is 0.691 bits per heavy atom. The average molecular weight is 1470 g/mol. The van der Waals surface area contributed by atoms with Gasteiger partial charge >= 0.3 is 0 Å². The molecule has 2 amide bonds. The van der Waals surface area contributed by atoms with Crippen LogP contribution in [0.3, 0.4) is 0 Å². The molecule has 5 aromatic carbocycles. The maximum atomic E-state index is 13.6. The number of thioether (sulfide) groups is 1. The third-order valence-corrected chi connectivity index (χ3v) is 18.6. The summed E-state index contributed by atoms with van der Waals surface area (Å²) in [6, 6.07) is 33.2. The second kappa shape index (κ2) is 32.4. The van der Waals surface area contributed by atoms with E-state index in [0.29, 0.717) is 92.6 Å². The number of anilines is 8. The topological polar surface area (TPSA) is 312 Å². The number of benzene rings is 5. The van der Waals surface area contributed by atoms with Crippen LogP contribution >= 0.6 is 66.3 Å². The Kier molecular flexibility index (Phi) is 24.2. The molecule has 8 aromatic rings. The number of aromatic nitrogens is 3. The van der Waals surface area contributed by atoms with Gasteiger partial charge in [-0.05, 0) is 114 Å². The minimum absolute atomic E-state index is 0.00947. The molecule has 94 heavy (non-hydrogen) atoms. The molecule has 0 saturated heterocycles. The molecule has 5 N–H and O–H groups in total. The molecule has 482 valence electrons. The normalized spacial score (nSPS) is 11.7. The fourth-order valence-electron chi connectivity index (χ4n) is 9.14. The number of thiophene rings is 2. The second-order valence-electron chi connectivity index (χ2n) is 19.8. The number of hydrogen-bond donors (Lipinski definition) is 5. The van der Waals surface area contributed by atoms with E-state index in [2.05, 4.69) is 83.3 Å². The van der Waals surface area contributed by atoms with E-state index >= 15 is 0 Å². The Labute approximate surface area is 571 Å². The van der Waals surface area contributed by atoms with Crippen LogP contribution in [0.5, 0.6) is 11.5 Å². The molecule has 0 unspecified atom stereocenters. The van der Waals surface area contributed by atoms with Gasteiger partial charge < -0.3 is 40.5 Å². The first-order valence-electron chi connectivity index (χ1n) is 28.5. The van der Waals surface area contributed by atoms with E-state index in [1.54, 1.807) is 72.8 Å². The summed E-state index contributed by atoms with van der Waals surface area (Å²) < 4.78 is 50.0. The molecular weight excluding hydrogens is 1410 g/mol. The summed E-state index contributed by atoms with van der Waals surface area (Å²) >= 11 is 9.67. The molecule has 0 saturated carbocycles. The van der Waals surface area contributed by atoms with Crippen LogP contribution in [0.4, 0.5) is 73.1 Å². The van der Waals surface area contributed by atoms with E-state index in [4.69, 9.17) is 31.0 Å². The zero-order chi connectivity index (χ0) is 67.8. The zero-order valence-electron chi connectivity index (χ0n) is 51.6. The van der Waals surface area contributed by atoms with Gasteiger partial charge in [-0.2, -0.15) is 33.7 Å². The van der Waals surface area contributed by atoms with E-state index in [9.17, 15) is 37.4 Å². The molecule has 0 fully saturated rings. The number of ketones is 2. The number of Topliss-reactive ketones (excluding diaryl/α,β-unsaturated/α-hetero) is 2. The number of nitriles is 1. The molecule has 0 aliphatic rings. The first kappa shape index (κ1) is 70.3. The number of methoxy groups -OCH3 is 2. The highest BCUT2D eigenvalue weighted by molar-refractivity contribution is 9.10. The van der Waals surface area contributed by atoms with Crippen molar-refractivity contribution in [2.24, 2.45) is 20.5 Å². The Balaban J connectivity index is 1.24. The second-order valence-corrected chi connectivity index (χ2v) is 26.0. The summed E-state index contributed by atoms with van der Waals surface area (Å²) in [7, 11) is -2.22. The number of halogens is 2. The monoisotopic (exact) mass is 1470 g/mol. The van der Waals surface area contributed by atoms with Crippen LogP contribution in [0.15, 0.2) is 160 Å². The largest absolute Gasteiger partial charge is 0.494 e. The number of carbonyl (C=O) groups is 4. The average Bonchev–Trinajstić information content (AvgIpc) is 1.45. The summed E-state index contributed by atoms with van der Waals surface area (Å²) in [5, 5.41) is 40.8. The Bertz CT molecular complexity index is 4540. The number of carbonyl (C=O) groups excluding carboxylic acids is 4. The first-order chi connectivity index (χ1) is 45.1. The number of nitrogens with zero attached hydrogens (tertiary/aromatic N) is 11. The smallest absolute Gasteiger partial charge is 0.297 e. The molecule has 30 heteroatoms. The lowest BCUT2D eigenvalue weighted by atomic mass is 10.1. The molecule has 3 heterocycles. The SMILES string of the molecule is [C-]#[N+]c1cc(/C=C(\C(C)=O)C(=O)Nc2cccc(Br)c2)sc1/N=N/c1cc(OC)c(N(CC)CC)cc1Nc1nc(Nc2cc(N(CC)CC)c(OC)cc2/N=N/c2sc(/C=C(/C(C)=O)C(=O)Nc3cccc(Br)c3)c(S(=O)(=O)O)c2C#N)nc(SCc2ccccc2)n1. The van der Waals surface area contributed by atoms with Crippen LogP contribution in [0, 0.1) is 17.9 Å². The first-order valence-corrected chi connectivity index (χ1v) is 34.1. The van der Waals surface area contributed by atoms with Gasteiger partial charge in [0.1, 0.15) is 44.4 Å². The molecule has 0 radical (unpaired) electrons. The van der Waals surface area contributed by atoms with Gasteiger partial charge in [-0.1, -0.05) is 86.1 Å². The number of azo groups is 2. The van der Waals surface area contributed by atoms with Crippen LogP contribution in [0.1, 0.15) is 62.4 Å². The van der Waals surface area contributed by atoms with E-state index < -0.39 is 49.5 Å². The van der Waals surface area contributed by atoms with Crippen molar-refractivity contribution in [3.63, 3.8) is 0 Å². The van der Waals surface area contributed by atoms with E-state index in [0.717, 1.165) is 34.4 Å². The van der Waals surface area contributed by atoms with E-state index in [-0.39, 0.29) is 60.3 Å². The standard InChI is InChI=1S/C64H59Br2N15O9S4/c1-10-80(11-2)52-30-47(49(32-54(52)89-8)76-78-60-46(34-67)57(94(86,87)88)56(93-60)29-45(37(6)83)59(85)70-42-24-18-22-40(66)26-42)71-62-73-63(75-64(74-62)91-35-38-19-15-14-16-20-38)72-48-31-53(81(12-3)13-4)55(90-9)33-50(48)77-79-61-51(68-7)28-43(92-61)27-44(36(5)82)58(84)69-41-23-17-21-39(65)25-41/h14-33H,10-13,35H2,1-6,8-9H3,(H,69,84)(H,70,85)(H,86,87,88)(H2,71,72,73,74,75)/b44-27+,45-29-,78-76+,79-77+. The maximum Gasteiger partial charge on any atom is 0.297 e. The molecule has 8 rings (SSSR count). The highest BCUT2D eigenvalue weighted by atomic mass is 79.9. The van der Waals surface area contributed by atoms with Crippen LogP contribution in [-0.4, -0.2) is 91.7 Å².